The van der Waals surface area contributed by atoms with Crippen LogP contribution < -0.4 is 0 Å². The summed E-state index contributed by atoms with van der Waals surface area (Å²) in [5, 5.41) is 9.45. The molecule has 0 unspecified atom stereocenters. The van der Waals surface area contributed by atoms with E-state index in [2.05, 4.69) is 24.3 Å². The molecule has 148 valence electrons. The van der Waals surface area contributed by atoms with Crippen LogP contribution in [-0.4, -0.2) is 41.8 Å². The van der Waals surface area contributed by atoms with E-state index in [1.165, 1.54) is 22.3 Å². The first-order valence-electron chi connectivity index (χ1n) is 10.1. The lowest BCUT2D eigenvalue weighted by molar-refractivity contribution is -0.141. The molecule has 1 N–H and O–H groups in total. The molecule has 1 amide bonds. The van der Waals surface area contributed by atoms with Gasteiger partial charge in [0.2, 0.25) is 0 Å². The topological polar surface area (TPSA) is 66.8 Å². The van der Waals surface area contributed by atoms with Gasteiger partial charge in [0.15, 0.2) is 0 Å². The number of carboxylic acids is 1. The molecular formula is C24H23NO4. The predicted octanol–water partition coefficient (Wildman–Crippen LogP) is 4.43. The molecule has 29 heavy (non-hydrogen) atoms. The zero-order chi connectivity index (χ0) is 20.0. The fourth-order valence-electron chi connectivity index (χ4n) is 4.75. The number of fused-ring (bicyclic) bond motifs is 3. The Morgan fingerprint density at radius 2 is 1.66 bits per heavy atom. The number of rotatable bonds is 4. The van der Waals surface area contributed by atoms with E-state index in [9.17, 15) is 14.7 Å². The van der Waals surface area contributed by atoms with E-state index < -0.39 is 11.4 Å². The lowest BCUT2D eigenvalue weighted by Gasteiger charge is -2.28. The molecule has 5 nitrogen and oxygen atoms in total. The average molecular weight is 389 g/mol. The molecule has 1 fully saturated rings. The van der Waals surface area contributed by atoms with Crippen molar-refractivity contribution < 1.29 is 19.4 Å². The molecule has 2 aromatic rings. The van der Waals surface area contributed by atoms with Crippen LogP contribution in [0.15, 0.2) is 60.2 Å². The van der Waals surface area contributed by atoms with E-state index in [1.807, 2.05) is 30.3 Å². The van der Waals surface area contributed by atoms with Crippen LogP contribution in [0.2, 0.25) is 0 Å². The van der Waals surface area contributed by atoms with Gasteiger partial charge in [0.25, 0.3) is 0 Å². The molecule has 5 rings (SSSR count). The lowest BCUT2D eigenvalue weighted by atomic mass is 9.91. The van der Waals surface area contributed by atoms with E-state index in [-0.39, 0.29) is 12.0 Å². The van der Waals surface area contributed by atoms with E-state index in [4.69, 9.17) is 4.74 Å². The van der Waals surface area contributed by atoms with Crippen molar-refractivity contribution in [1.29, 1.82) is 0 Å². The molecule has 3 aliphatic rings. The number of carboxylic acid groups (broad SMARTS) is 1. The number of carbonyl (C=O) groups is 2. The Morgan fingerprint density at radius 1 is 1.03 bits per heavy atom. The van der Waals surface area contributed by atoms with Gasteiger partial charge < -0.3 is 14.7 Å². The van der Waals surface area contributed by atoms with Crippen LogP contribution in [0.25, 0.3) is 11.1 Å². The van der Waals surface area contributed by atoms with Crippen molar-refractivity contribution in [3.63, 3.8) is 0 Å². The molecule has 1 heterocycles. The number of aliphatic carboxylic acids is 1. The maximum absolute atomic E-state index is 12.6. The second-order valence-corrected chi connectivity index (χ2v) is 8.12. The van der Waals surface area contributed by atoms with Gasteiger partial charge in [0.05, 0.1) is 5.41 Å². The highest BCUT2D eigenvalue weighted by Crippen LogP contribution is 2.53. The highest BCUT2D eigenvalue weighted by Gasteiger charge is 2.53. The largest absolute Gasteiger partial charge is 0.481 e. The third kappa shape index (κ3) is 2.92. The molecule has 0 radical (unpaired) electrons. The van der Waals surface area contributed by atoms with Gasteiger partial charge in [-0.05, 0) is 41.5 Å². The standard InChI is InChI=1S/C24H23NO4/c26-22(27)24(11-12-24)16-9-13-25(14-10-16)23(28)29-15-21-19-7-3-1-5-17(19)18-6-2-4-8-20(18)21/h1-9,21H,10-15H2,(H,26,27). The summed E-state index contributed by atoms with van der Waals surface area (Å²) < 4.78 is 5.70. The van der Waals surface area contributed by atoms with Gasteiger partial charge in [0.1, 0.15) is 6.61 Å². The first kappa shape index (κ1) is 18.0. The molecule has 0 saturated heterocycles. The lowest BCUT2D eigenvalue weighted by Crippen LogP contribution is -2.37. The van der Waals surface area contributed by atoms with Gasteiger partial charge in [-0.2, -0.15) is 0 Å². The summed E-state index contributed by atoms with van der Waals surface area (Å²) in [6.45, 7) is 1.23. The fraction of sp³-hybridized carbons (Fsp3) is 0.333. The zero-order valence-corrected chi connectivity index (χ0v) is 16.1. The maximum Gasteiger partial charge on any atom is 0.410 e. The van der Waals surface area contributed by atoms with Gasteiger partial charge in [-0.3, -0.25) is 4.79 Å². The molecule has 0 atom stereocenters. The second-order valence-electron chi connectivity index (χ2n) is 8.12. The minimum atomic E-state index is -0.738. The van der Waals surface area contributed by atoms with Gasteiger partial charge >= 0.3 is 12.1 Å². The third-order valence-corrected chi connectivity index (χ3v) is 6.58. The average Bonchev–Trinajstić information content (AvgIpc) is 3.51. The number of amides is 1. The van der Waals surface area contributed by atoms with Crippen LogP contribution in [0, 0.1) is 5.41 Å². The molecule has 1 saturated carbocycles. The van der Waals surface area contributed by atoms with E-state index >= 15 is 0 Å². The van der Waals surface area contributed by atoms with Crippen molar-refractivity contribution >= 4 is 12.1 Å². The zero-order valence-electron chi connectivity index (χ0n) is 16.1. The van der Waals surface area contributed by atoms with Crippen LogP contribution in [0.1, 0.15) is 36.3 Å². The summed E-state index contributed by atoms with van der Waals surface area (Å²) in [4.78, 5) is 25.8. The molecule has 5 heteroatoms. The summed E-state index contributed by atoms with van der Waals surface area (Å²) in [7, 11) is 0. The minimum absolute atomic E-state index is 0.0454. The Labute approximate surface area is 169 Å². The Kier molecular flexibility index (Phi) is 4.19. The van der Waals surface area contributed by atoms with E-state index in [0.717, 1.165) is 5.57 Å². The van der Waals surface area contributed by atoms with Crippen LogP contribution in [0.4, 0.5) is 4.79 Å². The predicted molar refractivity (Wildman–Crippen MR) is 109 cm³/mol. The number of ether oxygens (including phenoxy) is 1. The molecule has 2 aliphatic carbocycles. The highest BCUT2D eigenvalue weighted by atomic mass is 16.6. The van der Waals surface area contributed by atoms with Gasteiger partial charge in [-0.25, -0.2) is 4.79 Å². The van der Waals surface area contributed by atoms with Crippen molar-refractivity contribution in [3.05, 3.63) is 71.3 Å². The second kappa shape index (κ2) is 6.76. The maximum atomic E-state index is 12.6. The number of hydrogen-bond donors (Lipinski definition) is 1. The summed E-state index contributed by atoms with van der Waals surface area (Å²) in [5.41, 5.74) is 5.11. The quantitative estimate of drug-likeness (QED) is 0.786. The van der Waals surface area contributed by atoms with Crippen molar-refractivity contribution in [2.75, 3.05) is 19.7 Å². The molecule has 0 spiro atoms. The smallest absolute Gasteiger partial charge is 0.410 e. The van der Waals surface area contributed by atoms with Crippen molar-refractivity contribution in [2.45, 2.75) is 25.2 Å². The van der Waals surface area contributed by atoms with E-state index in [1.54, 1.807) is 4.90 Å². The fourth-order valence-corrected chi connectivity index (χ4v) is 4.75. The van der Waals surface area contributed by atoms with Crippen molar-refractivity contribution in [3.8, 4) is 11.1 Å². The van der Waals surface area contributed by atoms with Gasteiger partial charge in [-0.15, -0.1) is 0 Å². The minimum Gasteiger partial charge on any atom is -0.481 e. The third-order valence-electron chi connectivity index (χ3n) is 6.58. The molecule has 0 aromatic heterocycles. The van der Waals surface area contributed by atoms with Gasteiger partial charge in [-0.1, -0.05) is 60.2 Å². The molecule has 1 aliphatic heterocycles. The summed E-state index contributed by atoms with van der Waals surface area (Å²) >= 11 is 0. The SMILES string of the molecule is O=C(OCC1c2ccccc2-c2ccccc21)N1CC=C(C2(C(=O)O)CC2)CC1. The Balaban J connectivity index is 1.26. The number of benzene rings is 2. The highest BCUT2D eigenvalue weighted by molar-refractivity contribution is 5.82. The summed E-state index contributed by atoms with van der Waals surface area (Å²) in [5.74, 6) is -0.692. The summed E-state index contributed by atoms with van der Waals surface area (Å²) in [6, 6.07) is 16.5. The first-order chi connectivity index (χ1) is 14.1. The number of hydrogen-bond acceptors (Lipinski definition) is 3. The Hall–Kier alpha value is -3.08. The molecular weight excluding hydrogens is 366 g/mol. The van der Waals surface area contributed by atoms with E-state index in [0.29, 0.717) is 39.0 Å². The Bertz CT molecular complexity index is 976. The van der Waals surface area contributed by atoms with Crippen LogP contribution in [-0.2, 0) is 9.53 Å². The van der Waals surface area contributed by atoms with Crippen LogP contribution in [0.3, 0.4) is 0 Å². The number of nitrogens with zero attached hydrogens (tertiary/aromatic N) is 1. The van der Waals surface area contributed by atoms with Gasteiger partial charge in [0, 0.05) is 19.0 Å². The molecule has 0 bridgehead atoms. The summed E-state index contributed by atoms with van der Waals surface area (Å²) in [6.07, 6.45) is 3.60. The van der Waals surface area contributed by atoms with Crippen LogP contribution >= 0.6 is 0 Å². The first-order valence-corrected chi connectivity index (χ1v) is 10.1. The van der Waals surface area contributed by atoms with Crippen molar-refractivity contribution in [1.82, 2.24) is 4.90 Å². The normalized spacial score (nSPS) is 19.2. The monoisotopic (exact) mass is 389 g/mol. The van der Waals surface area contributed by atoms with Crippen LogP contribution in [0.5, 0.6) is 0 Å². The van der Waals surface area contributed by atoms with Crippen molar-refractivity contribution in [2.24, 2.45) is 5.41 Å². The molecule has 2 aromatic carbocycles. The number of carbonyl (C=O) groups excluding carboxylic acids is 1. The Morgan fingerprint density at radius 3 is 2.17 bits per heavy atom.